The molecule has 0 aliphatic heterocycles. The highest BCUT2D eigenvalue weighted by Gasteiger charge is 1.92. The van der Waals surface area contributed by atoms with Gasteiger partial charge in [-0.3, -0.25) is 4.98 Å². The van der Waals surface area contributed by atoms with Gasteiger partial charge in [0.15, 0.2) is 0 Å². The molecule has 1 nitrogen and oxygen atoms in total. The highest BCUT2D eigenvalue weighted by molar-refractivity contribution is 5.13. The third kappa shape index (κ3) is 3.75. The monoisotopic (exact) mass is 173 g/mol. The second-order valence-corrected chi connectivity index (χ2v) is 3.22. The van der Waals surface area contributed by atoms with Gasteiger partial charge in [0.05, 0.1) is 0 Å². The molecule has 0 unspecified atom stereocenters. The summed E-state index contributed by atoms with van der Waals surface area (Å²) in [5.41, 5.74) is 2.38. The van der Waals surface area contributed by atoms with Crippen LogP contribution in [0.2, 0.25) is 0 Å². The fraction of sp³-hybridized carbons (Fsp3) is 0.417. The van der Waals surface area contributed by atoms with Gasteiger partial charge in [0.2, 0.25) is 0 Å². The predicted molar refractivity (Wildman–Crippen MR) is 55.4 cm³/mol. The summed E-state index contributed by atoms with van der Waals surface area (Å²) >= 11 is 0. The molecule has 1 heterocycles. The molecule has 1 rings (SSSR count). The SMILES string of the molecule is C#CCCCCc1ccc(C)nc1. The molecule has 0 aromatic carbocycles. The molecule has 68 valence electrons. The van der Waals surface area contributed by atoms with Gasteiger partial charge in [-0.05, 0) is 37.8 Å². The average Bonchev–Trinajstić information content (AvgIpc) is 2.15. The van der Waals surface area contributed by atoms with Gasteiger partial charge in [-0.1, -0.05) is 6.07 Å². The van der Waals surface area contributed by atoms with Crippen LogP contribution in [0.25, 0.3) is 0 Å². The lowest BCUT2D eigenvalue weighted by atomic mass is 10.1. The fourth-order valence-electron chi connectivity index (χ4n) is 1.20. The molecule has 0 spiro atoms. The predicted octanol–water partition coefficient (Wildman–Crippen LogP) is 2.74. The summed E-state index contributed by atoms with van der Waals surface area (Å²) in [7, 11) is 0. The van der Waals surface area contributed by atoms with Crippen LogP contribution in [0.15, 0.2) is 18.3 Å². The Morgan fingerprint density at radius 1 is 1.38 bits per heavy atom. The van der Waals surface area contributed by atoms with Crippen LogP contribution < -0.4 is 0 Å². The number of hydrogen-bond donors (Lipinski definition) is 0. The largest absolute Gasteiger partial charge is 0.261 e. The Balaban J connectivity index is 2.30. The van der Waals surface area contributed by atoms with Crippen LogP contribution in [-0.2, 0) is 6.42 Å². The molecule has 1 aromatic rings. The third-order valence-electron chi connectivity index (χ3n) is 2.01. The average molecular weight is 173 g/mol. The van der Waals surface area contributed by atoms with E-state index >= 15 is 0 Å². The van der Waals surface area contributed by atoms with E-state index in [0.29, 0.717) is 0 Å². The number of hydrogen-bond acceptors (Lipinski definition) is 1. The van der Waals surface area contributed by atoms with Gasteiger partial charge in [0, 0.05) is 18.3 Å². The second kappa shape index (κ2) is 5.37. The van der Waals surface area contributed by atoms with Gasteiger partial charge in [-0.2, -0.15) is 0 Å². The minimum atomic E-state index is 0.888. The Morgan fingerprint density at radius 2 is 2.23 bits per heavy atom. The molecule has 0 aliphatic carbocycles. The molecule has 0 amide bonds. The first-order valence-corrected chi connectivity index (χ1v) is 4.68. The van der Waals surface area contributed by atoms with Gasteiger partial charge in [0.25, 0.3) is 0 Å². The second-order valence-electron chi connectivity index (χ2n) is 3.22. The molecule has 13 heavy (non-hydrogen) atoms. The lowest BCUT2D eigenvalue weighted by Gasteiger charge is -1.99. The van der Waals surface area contributed by atoms with Gasteiger partial charge in [-0.25, -0.2) is 0 Å². The van der Waals surface area contributed by atoms with E-state index in [1.165, 1.54) is 5.56 Å². The van der Waals surface area contributed by atoms with Crippen molar-refractivity contribution in [2.75, 3.05) is 0 Å². The van der Waals surface area contributed by atoms with Crippen LogP contribution in [-0.4, -0.2) is 4.98 Å². The van der Waals surface area contributed by atoms with Gasteiger partial charge >= 0.3 is 0 Å². The summed E-state index contributed by atoms with van der Waals surface area (Å²) in [5.74, 6) is 2.65. The van der Waals surface area contributed by atoms with Crippen LogP contribution in [0, 0.1) is 19.3 Å². The van der Waals surface area contributed by atoms with Crippen LogP contribution in [0.4, 0.5) is 0 Å². The molecule has 1 aromatic heterocycles. The van der Waals surface area contributed by atoms with E-state index < -0.39 is 0 Å². The van der Waals surface area contributed by atoms with Gasteiger partial charge in [-0.15, -0.1) is 12.3 Å². The number of unbranched alkanes of at least 4 members (excludes halogenated alkanes) is 2. The van der Waals surface area contributed by atoms with E-state index in [1.54, 1.807) is 0 Å². The summed E-state index contributed by atoms with van der Waals surface area (Å²) in [6, 6.07) is 4.19. The van der Waals surface area contributed by atoms with Crippen LogP contribution in [0.1, 0.15) is 30.5 Å². The molecule has 0 atom stereocenters. The summed E-state index contributed by atoms with van der Waals surface area (Å²) in [6.45, 7) is 2.00. The Bertz CT molecular complexity index is 279. The summed E-state index contributed by atoms with van der Waals surface area (Å²) in [4.78, 5) is 4.24. The molecule has 0 saturated heterocycles. The fourth-order valence-corrected chi connectivity index (χ4v) is 1.20. The molecular formula is C12H15N. The number of terminal acetylenes is 1. The first kappa shape index (κ1) is 9.80. The van der Waals surface area contributed by atoms with E-state index in [0.717, 1.165) is 31.4 Å². The van der Waals surface area contributed by atoms with Crippen molar-refractivity contribution in [3.8, 4) is 12.3 Å². The van der Waals surface area contributed by atoms with Crippen molar-refractivity contribution < 1.29 is 0 Å². The maximum atomic E-state index is 5.17. The number of pyridine rings is 1. The van der Waals surface area contributed by atoms with E-state index in [-0.39, 0.29) is 0 Å². The topological polar surface area (TPSA) is 12.9 Å². The highest BCUT2D eigenvalue weighted by atomic mass is 14.6. The van der Waals surface area contributed by atoms with Crippen LogP contribution in [0.5, 0.6) is 0 Å². The number of rotatable bonds is 4. The van der Waals surface area contributed by atoms with Gasteiger partial charge < -0.3 is 0 Å². The van der Waals surface area contributed by atoms with Crippen LogP contribution in [0.3, 0.4) is 0 Å². The van der Waals surface area contributed by atoms with Crippen molar-refractivity contribution in [2.45, 2.75) is 32.6 Å². The first-order valence-electron chi connectivity index (χ1n) is 4.68. The van der Waals surface area contributed by atoms with Crippen molar-refractivity contribution in [3.63, 3.8) is 0 Å². The van der Waals surface area contributed by atoms with E-state index in [2.05, 4.69) is 23.0 Å². The maximum absolute atomic E-state index is 5.17. The Labute approximate surface area is 80.2 Å². The Kier molecular flexibility index (Phi) is 4.05. The maximum Gasteiger partial charge on any atom is 0.0372 e. The normalized spacial score (nSPS) is 9.54. The van der Waals surface area contributed by atoms with Crippen molar-refractivity contribution in [1.29, 1.82) is 0 Å². The lowest BCUT2D eigenvalue weighted by molar-refractivity contribution is 0.754. The number of aromatic nitrogens is 1. The van der Waals surface area contributed by atoms with Gasteiger partial charge in [0.1, 0.15) is 0 Å². The third-order valence-corrected chi connectivity index (χ3v) is 2.01. The summed E-state index contributed by atoms with van der Waals surface area (Å²) in [5, 5.41) is 0. The summed E-state index contributed by atoms with van der Waals surface area (Å²) in [6.07, 6.45) is 11.4. The zero-order valence-corrected chi connectivity index (χ0v) is 8.09. The summed E-state index contributed by atoms with van der Waals surface area (Å²) < 4.78 is 0. The molecule has 0 fully saturated rings. The van der Waals surface area contributed by atoms with Crippen molar-refractivity contribution in [1.82, 2.24) is 4.98 Å². The molecule has 0 N–H and O–H groups in total. The molecule has 0 bridgehead atoms. The Hall–Kier alpha value is -1.29. The first-order chi connectivity index (χ1) is 6.33. The van der Waals surface area contributed by atoms with E-state index in [4.69, 9.17) is 6.42 Å². The van der Waals surface area contributed by atoms with Crippen molar-refractivity contribution in [3.05, 3.63) is 29.6 Å². The smallest absolute Gasteiger partial charge is 0.0372 e. The van der Waals surface area contributed by atoms with Crippen molar-refractivity contribution >= 4 is 0 Å². The Morgan fingerprint density at radius 3 is 2.85 bits per heavy atom. The number of nitrogens with zero attached hydrogens (tertiary/aromatic N) is 1. The van der Waals surface area contributed by atoms with Crippen LogP contribution >= 0.6 is 0 Å². The number of aryl methyl sites for hydroxylation is 2. The minimum absolute atomic E-state index is 0.888. The van der Waals surface area contributed by atoms with E-state index in [9.17, 15) is 0 Å². The highest BCUT2D eigenvalue weighted by Crippen LogP contribution is 2.05. The van der Waals surface area contributed by atoms with E-state index in [1.807, 2.05) is 13.1 Å². The zero-order chi connectivity index (χ0) is 9.52. The van der Waals surface area contributed by atoms with Crippen molar-refractivity contribution in [2.24, 2.45) is 0 Å². The molecule has 1 heteroatoms. The molecular weight excluding hydrogens is 158 g/mol. The standard InChI is InChI=1S/C12H15N/c1-3-4-5-6-7-12-9-8-11(2)13-10-12/h1,8-10H,4-7H2,2H3. The molecule has 0 radical (unpaired) electrons. The quantitative estimate of drug-likeness (QED) is 0.504. The minimum Gasteiger partial charge on any atom is -0.261 e. The zero-order valence-electron chi connectivity index (χ0n) is 8.09. The lowest BCUT2D eigenvalue weighted by Crippen LogP contribution is -1.88. The molecule has 0 aliphatic rings. The molecule has 0 saturated carbocycles.